The van der Waals surface area contributed by atoms with Crippen LogP contribution in [0.4, 0.5) is 4.79 Å². The zero-order valence-corrected chi connectivity index (χ0v) is 10.6. The van der Waals surface area contributed by atoms with Gasteiger partial charge in [-0.2, -0.15) is 0 Å². The fourth-order valence-electron chi connectivity index (χ4n) is 1.59. The first-order valence-corrected chi connectivity index (χ1v) is 6.11. The van der Waals surface area contributed by atoms with Gasteiger partial charge < -0.3 is 24.4 Å². The molecule has 1 saturated heterocycles. The van der Waals surface area contributed by atoms with E-state index in [0.717, 1.165) is 0 Å². The van der Waals surface area contributed by atoms with Gasteiger partial charge in [0.05, 0.1) is 19.8 Å². The molecule has 0 aliphatic carbocycles. The number of nitrogens with zero attached hydrogens (tertiary/aromatic N) is 1. The van der Waals surface area contributed by atoms with Crippen molar-refractivity contribution >= 4 is 6.03 Å². The Morgan fingerprint density at radius 1 is 1.29 bits per heavy atom. The summed E-state index contributed by atoms with van der Waals surface area (Å²) in [5, 5.41) is 2.80. The molecule has 1 aliphatic heterocycles. The van der Waals surface area contributed by atoms with Crippen LogP contribution in [0, 0.1) is 0 Å². The van der Waals surface area contributed by atoms with Crippen molar-refractivity contribution in [2.45, 2.75) is 20.1 Å². The Labute approximate surface area is 102 Å². The van der Waals surface area contributed by atoms with Crippen LogP contribution in [0.5, 0.6) is 0 Å². The molecule has 100 valence electrons. The zero-order chi connectivity index (χ0) is 12.5. The van der Waals surface area contributed by atoms with Crippen LogP contribution in [0.25, 0.3) is 0 Å². The number of hydrogen-bond donors (Lipinski definition) is 1. The van der Waals surface area contributed by atoms with Crippen molar-refractivity contribution in [3.05, 3.63) is 0 Å². The van der Waals surface area contributed by atoms with Gasteiger partial charge in [-0.25, -0.2) is 4.79 Å². The van der Waals surface area contributed by atoms with Gasteiger partial charge in [-0.15, -0.1) is 0 Å². The first-order valence-electron chi connectivity index (χ1n) is 6.11. The Balaban J connectivity index is 2.24. The summed E-state index contributed by atoms with van der Waals surface area (Å²) in [4.78, 5) is 13.5. The standard InChI is InChI=1S/C11H22N2O4/c1-3-16-10(17-4-2)9-12-11(14)13-5-7-15-8-6-13/h10H,3-9H2,1-2H3,(H,12,14). The summed E-state index contributed by atoms with van der Waals surface area (Å²) in [5.74, 6) is 0. The minimum Gasteiger partial charge on any atom is -0.378 e. The molecule has 17 heavy (non-hydrogen) atoms. The molecule has 1 heterocycles. The van der Waals surface area contributed by atoms with Crippen LogP contribution in [0.1, 0.15) is 13.8 Å². The number of morpholine rings is 1. The van der Waals surface area contributed by atoms with Crippen LogP contribution in [0.15, 0.2) is 0 Å². The molecule has 0 spiro atoms. The van der Waals surface area contributed by atoms with E-state index in [2.05, 4.69) is 5.32 Å². The second kappa shape index (κ2) is 8.27. The lowest BCUT2D eigenvalue weighted by atomic mass is 10.4. The van der Waals surface area contributed by atoms with Crippen molar-refractivity contribution in [2.75, 3.05) is 46.1 Å². The van der Waals surface area contributed by atoms with E-state index >= 15 is 0 Å². The molecule has 0 saturated carbocycles. The Hall–Kier alpha value is -0.850. The maximum absolute atomic E-state index is 11.8. The van der Waals surface area contributed by atoms with Gasteiger partial charge in [0.25, 0.3) is 0 Å². The topological polar surface area (TPSA) is 60.0 Å². The second-order valence-corrected chi connectivity index (χ2v) is 3.63. The van der Waals surface area contributed by atoms with Gasteiger partial charge in [-0.3, -0.25) is 0 Å². The lowest BCUT2D eigenvalue weighted by Crippen LogP contribution is -2.48. The highest BCUT2D eigenvalue weighted by Gasteiger charge is 2.17. The molecule has 1 aliphatic rings. The van der Waals surface area contributed by atoms with Crippen LogP contribution in [0.3, 0.4) is 0 Å². The SMILES string of the molecule is CCOC(CNC(=O)N1CCOCC1)OCC. The van der Waals surface area contributed by atoms with Gasteiger partial charge in [-0.05, 0) is 13.8 Å². The molecule has 1 N–H and O–H groups in total. The van der Waals surface area contributed by atoms with E-state index in [1.54, 1.807) is 4.90 Å². The number of ether oxygens (including phenoxy) is 3. The van der Waals surface area contributed by atoms with E-state index in [-0.39, 0.29) is 12.3 Å². The van der Waals surface area contributed by atoms with Crippen molar-refractivity contribution in [3.63, 3.8) is 0 Å². The third kappa shape index (κ3) is 5.34. The minimum absolute atomic E-state index is 0.0855. The van der Waals surface area contributed by atoms with E-state index < -0.39 is 0 Å². The monoisotopic (exact) mass is 246 g/mol. The summed E-state index contributed by atoms with van der Waals surface area (Å²) < 4.78 is 15.9. The van der Waals surface area contributed by atoms with Gasteiger partial charge in [0.15, 0.2) is 6.29 Å². The molecule has 0 aromatic heterocycles. The van der Waals surface area contributed by atoms with Crippen LogP contribution in [-0.4, -0.2) is 63.3 Å². The predicted octanol–water partition coefficient (Wildman–Crippen LogP) is 0.427. The molecule has 0 atom stereocenters. The molecule has 0 aromatic rings. The zero-order valence-electron chi connectivity index (χ0n) is 10.6. The summed E-state index contributed by atoms with van der Waals surface area (Å²) in [6, 6.07) is -0.0855. The fourth-order valence-corrected chi connectivity index (χ4v) is 1.59. The summed E-state index contributed by atoms with van der Waals surface area (Å²) in [6.45, 7) is 7.79. The number of carbonyl (C=O) groups is 1. The third-order valence-corrected chi connectivity index (χ3v) is 2.42. The van der Waals surface area contributed by atoms with Gasteiger partial charge in [-0.1, -0.05) is 0 Å². The summed E-state index contributed by atoms with van der Waals surface area (Å²) >= 11 is 0. The largest absolute Gasteiger partial charge is 0.378 e. The summed E-state index contributed by atoms with van der Waals surface area (Å²) in [7, 11) is 0. The molecular weight excluding hydrogens is 224 g/mol. The number of amides is 2. The Morgan fingerprint density at radius 2 is 1.88 bits per heavy atom. The maximum atomic E-state index is 11.8. The smallest absolute Gasteiger partial charge is 0.317 e. The number of rotatable bonds is 6. The highest BCUT2D eigenvalue weighted by molar-refractivity contribution is 5.74. The molecule has 6 heteroatoms. The lowest BCUT2D eigenvalue weighted by molar-refractivity contribution is -0.131. The maximum Gasteiger partial charge on any atom is 0.317 e. The Morgan fingerprint density at radius 3 is 2.41 bits per heavy atom. The highest BCUT2D eigenvalue weighted by Crippen LogP contribution is 1.98. The van der Waals surface area contributed by atoms with Gasteiger partial charge in [0.1, 0.15) is 0 Å². The van der Waals surface area contributed by atoms with E-state index in [1.165, 1.54) is 0 Å². The highest BCUT2D eigenvalue weighted by atomic mass is 16.7. The molecular formula is C11H22N2O4. The molecule has 2 amide bonds. The predicted molar refractivity (Wildman–Crippen MR) is 62.8 cm³/mol. The number of carbonyl (C=O) groups excluding carboxylic acids is 1. The summed E-state index contributed by atoms with van der Waals surface area (Å²) in [5.41, 5.74) is 0. The fraction of sp³-hybridized carbons (Fsp3) is 0.909. The van der Waals surface area contributed by atoms with E-state index in [0.29, 0.717) is 46.1 Å². The quantitative estimate of drug-likeness (QED) is 0.690. The van der Waals surface area contributed by atoms with Gasteiger partial charge >= 0.3 is 6.03 Å². The van der Waals surface area contributed by atoms with E-state index in [9.17, 15) is 4.79 Å². The Kier molecular flexibility index (Phi) is 6.91. The van der Waals surface area contributed by atoms with Crippen molar-refractivity contribution < 1.29 is 19.0 Å². The molecule has 0 aromatic carbocycles. The van der Waals surface area contributed by atoms with Gasteiger partial charge in [0, 0.05) is 26.3 Å². The average molecular weight is 246 g/mol. The molecule has 6 nitrogen and oxygen atoms in total. The van der Waals surface area contributed by atoms with Crippen LogP contribution in [-0.2, 0) is 14.2 Å². The first kappa shape index (κ1) is 14.2. The number of hydrogen-bond acceptors (Lipinski definition) is 4. The van der Waals surface area contributed by atoms with Crippen molar-refractivity contribution in [1.82, 2.24) is 10.2 Å². The number of nitrogens with one attached hydrogen (secondary N) is 1. The third-order valence-electron chi connectivity index (χ3n) is 2.42. The molecule has 0 radical (unpaired) electrons. The molecule has 0 bridgehead atoms. The number of urea groups is 1. The minimum atomic E-state index is -0.366. The van der Waals surface area contributed by atoms with Gasteiger partial charge in [0.2, 0.25) is 0 Å². The van der Waals surface area contributed by atoms with E-state index in [1.807, 2.05) is 13.8 Å². The molecule has 0 unspecified atom stereocenters. The first-order chi connectivity index (χ1) is 8.27. The second-order valence-electron chi connectivity index (χ2n) is 3.63. The molecule has 1 fully saturated rings. The summed E-state index contributed by atoms with van der Waals surface area (Å²) in [6.07, 6.45) is -0.366. The normalized spacial score (nSPS) is 16.3. The van der Waals surface area contributed by atoms with Crippen molar-refractivity contribution in [1.29, 1.82) is 0 Å². The molecule has 1 rings (SSSR count). The van der Waals surface area contributed by atoms with Crippen molar-refractivity contribution in [3.8, 4) is 0 Å². The van der Waals surface area contributed by atoms with E-state index in [4.69, 9.17) is 14.2 Å². The van der Waals surface area contributed by atoms with Crippen LogP contribution >= 0.6 is 0 Å². The Bertz CT molecular complexity index is 214. The van der Waals surface area contributed by atoms with Crippen molar-refractivity contribution in [2.24, 2.45) is 0 Å². The lowest BCUT2D eigenvalue weighted by Gasteiger charge is -2.27. The average Bonchev–Trinajstić information content (AvgIpc) is 2.37. The van der Waals surface area contributed by atoms with Crippen LogP contribution < -0.4 is 5.32 Å². The van der Waals surface area contributed by atoms with Crippen LogP contribution in [0.2, 0.25) is 0 Å².